The van der Waals surface area contributed by atoms with Gasteiger partial charge in [-0.15, -0.1) is 0 Å². The SMILES string of the molecule is CN(C)S(=O)(=O)c1ccccc1CNC(=O)c1ccc2c(c1)CCO2. The van der Waals surface area contributed by atoms with Crippen LogP contribution < -0.4 is 10.1 Å². The van der Waals surface area contributed by atoms with E-state index in [1.807, 2.05) is 6.07 Å². The van der Waals surface area contributed by atoms with Crippen LogP contribution in [0.15, 0.2) is 47.4 Å². The molecule has 0 fully saturated rings. The third kappa shape index (κ3) is 3.52. The summed E-state index contributed by atoms with van der Waals surface area (Å²) in [5, 5.41) is 2.80. The van der Waals surface area contributed by atoms with Gasteiger partial charge in [0.1, 0.15) is 5.75 Å². The number of rotatable bonds is 5. The van der Waals surface area contributed by atoms with E-state index in [-0.39, 0.29) is 17.3 Å². The van der Waals surface area contributed by atoms with Gasteiger partial charge in [0.05, 0.1) is 11.5 Å². The van der Waals surface area contributed by atoms with E-state index < -0.39 is 10.0 Å². The number of nitrogens with zero attached hydrogens (tertiary/aromatic N) is 1. The topological polar surface area (TPSA) is 75.7 Å². The highest BCUT2D eigenvalue weighted by atomic mass is 32.2. The smallest absolute Gasteiger partial charge is 0.251 e. The number of ether oxygens (including phenoxy) is 1. The molecule has 1 heterocycles. The van der Waals surface area contributed by atoms with Crippen molar-refractivity contribution in [3.63, 3.8) is 0 Å². The van der Waals surface area contributed by atoms with E-state index in [4.69, 9.17) is 4.74 Å². The lowest BCUT2D eigenvalue weighted by molar-refractivity contribution is 0.0950. The number of nitrogens with one attached hydrogen (secondary N) is 1. The summed E-state index contributed by atoms with van der Waals surface area (Å²) in [6.07, 6.45) is 0.792. The van der Waals surface area contributed by atoms with Crippen LogP contribution >= 0.6 is 0 Å². The van der Waals surface area contributed by atoms with Crippen molar-refractivity contribution in [2.45, 2.75) is 17.9 Å². The zero-order valence-corrected chi connectivity index (χ0v) is 15.0. The van der Waals surface area contributed by atoms with Crippen LogP contribution in [0.5, 0.6) is 5.75 Å². The third-order valence-corrected chi connectivity index (χ3v) is 6.04. The number of amides is 1. The van der Waals surface area contributed by atoms with Crippen LogP contribution in [-0.2, 0) is 23.0 Å². The Morgan fingerprint density at radius 1 is 1.20 bits per heavy atom. The Bertz CT molecular complexity index is 907. The molecular formula is C18H20N2O4S. The summed E-state index contributed by atoms with van der Waals surface area (Å²) in [6.45, 7) is 0.770. The summed E-state index contributed by atoms with van der Waals surface area (Å²) in [5.41, 5.74) is 2.11. The van der Waals surface area contributed by atoms with Gasteiger partial charge in [0.25, 0.3) is 5.91 Å². The minimum Gasteiger partial charge on any atom is -0.493 e. The Hall–Kier alpha value is -2.38. The van der Waals surface area contributed by atoms with Crippen LogP contribution in [0.1, 0.15) is 21.5 Å². The molecule has 132 valence electrons. The lowest BCUT2D eigenvalue weighted by atomic mass is 10.1. The van der Waals surface area contributed by atoms with Crippen molar-refractivity contribution in [1.82, 2.24) is 9.62 Å². The maximum Gasteiger partial charge on any atom is 0.251 e. The quantitative estimate of drug-likeness (QED) is 0.882. The maximum atomic E-state index is 12.4. The Morgan fingerprint density at radius 3 is 2.72 bits per heavy atom. The molecule has 0 saturated carbocycles. The van der Waals surface area contributed by atoms with E-state index in [1.165, 1.54) is 14.1 Å². The monoisotopic (exact) mass is 360 g/mol. The number of carbonyl (C=O) groups excluding carboxylic acids is 1. The molecule has 1 aliphatic heterocycles. The second kappa shape index (κ2) is 6.85. The fraction of sp³-hybridized carbons (Fsp3) is 0.278. The molecule has 0 unspecified atom stereocenters. The Labute approximate surface area is 147 Å². The van der Waals surface area contributed by atoms with E-state index >= 15 is 0 Å². The van der Waals surface area contributed by atoms with Gasteiger partial charge >= 0.3 is 0 Å². The molecular weight excluding hydrogens is 340 g/mol. The molecule has 0 radical (unpaired) electrons. The fourth-order valence-corrected chi connectivity index (χ4v) is 3.82. The van der Waals surface area contributed by atoms with Gasteiger partial charge in [0.15, 0.2) is 0 Å². The molecule has 2 aromatic carbocycles. The number of fused-ring (bicyclic) bond motifs is 1. The number of benzene rings is 2. The molecule has 0 atom stereocenters. The van der Waals surface area contributed by atoms with E-state index in [2.05, 4.69) is 5.32 Å². The van der Waals surface area contributed by atoms with Crippen LogP contribution in [0.3, 0.4) is 0 Å². The van der Waals surface area contributed by atoms with E-state index in [9.17, 15) is 13.2 Å². The van der Waals surface area contributed by atoms with Crippen molar-refractivity contribution in [2.75, 3.05) is 20.7 Å². The summed E-state index contributed by atoms with van der Waals surface area (Å²) < 4.78 is 31.4. The van der Waals surface area contributed by atoms with Gasteiger partial charge in [-0.05, 0) is 35.4 Å². The molecule has 1 amide bonds. The van der Waals surface area contributed by atoms with Crippen molar-refractivity contribution in [1.29, 1.82) is 0 Å². The summed E-state index contributed by atoms with van der Waals surface area (Å²) >= 11 is 0. The fourth-order valence-electron chi connectivity index (χ4n) is 2.70. The van der Waals surface area contributed by atoms with Crippen LogP contribution in [0.2, 0.25) is 0 Å². The normalized spacial score (nSPS) is 13.4. The standard InChI is InChI=1S/C18H20N2O4S/c1-20(2)25(22,23)17-6-4-3-5-15(17)12-19-18(21)14-7-8-16-13(11-14)9-10-24-16/h3-8,11H,9-10,12H2,1-2H3,(H,19,21). The van der Waals surface area contributed by atoms with Gasteiger partial charge in [0.2, 0.25) is 10.0 Å². The number of hydrogen-bond acceptors (Lipinski definition) is 4. The average molecular weight is 360 g/mol. The van der Waals surface area contributed by atoms with Crippen molar-refractivity contribution in [3.05, 3.63) is 59.2 Å². The third-order valence-electron chi connectivity index (χ3n) is 4.12. The van der Waals surface area contributed by atoms with E-state index in [1.54, 1.807) is 36.4 Å². The molecule has 0 spiro atoms. The van der Waals surface area contributed by atoms with Crippen LogP contribution in [0.25, 0.3) is 0 Å². The number of sulfonamides is 1. The molecule has 1 N–H and O–H groups in total. The number of hydrogen-bond donors (Lipinski definition) is 1. The van der Waals surface area contributed by atoms with Crippen molar-refractivity contribution in [2.24, 2.45) is 0 Å². The number of carbonyl (C=O) groups is 1. The molecule has 0 aromatic heterocycles. The minimum atomic E-state index is -3.56. The summed E-state index contributed by atoms with van der Waals surface area (Å²) in [5.74, 6) is 0.575. The van der Waals surface area contributed by atoms with Crippen molar-refractivity contribution < 1.29 is 17.9 Å². The molecule has 6 nitrogen and oxygen atoms in total. The maximum absolute atomic E-state index is 12.4. The molecule has 3 rings (SSSR count). The zero-order valence-electron chi connectivity index (χ0n) is 14.2. The Morgan fingerprint density at radius 2 is 1.96 bits per heavy atom. The highest BCUT2D eigenvalue weighted by Gasteiger charge is 2.21. The van der Waals surface area contributed by atoms with Gasteiger partial charge in [-0.1, -0.05) is 18.2 Å². The minimum absolute atomic E-state index is 0.135. The average Bonchev–Trinajstić information content (AvgIpc) is 3.07. The molecule has 0 saturated heterocycles. The molecule has 2 aromatic rings. The first kappa shape index (κ1) is 17.4. The van der Waals surface area contributed by atoms with Gasteiger partial charge in [-0.25, -0.2) is 12.7 Å². The van der Waals surface area contributed by atoms with Gasteiger partial charge in [-0.3, -0.25) is 4.79 Å². The second-order valence-electron chi connectivity index (χ2n) is 6.00. The predicted octanol–water partition coefficient (Wildman–Crippen LogP) is 1.80. The Balaban J connectivity index is 1.77. The zero-order chi connectivity index (χ0) is 18.0. The molecule has 0 aliphatic carbocycles. The Kier molecular flexibility index (Phi) is 4.78. The highest BCUT2D eigenvalue weighted by molar-refractivity contribution is 7.89. The van der Waals surface area contributed by atoms with Crippen LogP contribution in [-0.4, -0.2) is 39.3 Å². The van der Waals surface area contributed by atoms with Gasteiger partial charge in [0, 0.05) is 32.6 Å². The molecule has 1 aliphatic rings. The second-order valence-corrected chi connectivity index (χ2v) is 8.12. The summed E-state index contributed by atoms with van der Waals surface area (Å²) in [7, 11) is -0.596. The van der Waals surface area contributed by atoms with E-state index in [0.29, 0.717) is 17.7 Å². The summed E-state index contributed by atoms with van der Waals surface area (Å²) in [4.78, 5) is 12.6. The molecule has 0 bridgehead atoms. The molecule has 25 heavy (non-hydrogen) atoms. The lowest BCUT2D eigenvalue weighted by Crippen LogP contribution is -2.27. The van der Waals surface area contributed by atoms with Crippen molar-refractivity contribution >= 4 is 15.9 Å². The predicted molar refractivity (Wildman–Crippen MR) is 94.1 cm³/mol. The highest BCUT2D eigenvalue weighted by Crippen LogP contribution is 2.26. The largest absolute Gasteiger partial charge is 0.493 e. The summed E-state index contributed by atoms with van der Waals surface area (Å²) in [6, 6.07) is 12.0. The van der Waals surface area contributed by atoms with Gasteiger partial charge < -0.3 is 10.1 Å². The first-order valence-corrected chi connectivity index (χ1v) is 9.38. The van der Waals surface area contributed by atoms with Crippen LogP contribution in [0.4, 0.5) is 0 Å². The lowest BCUT2D eigenvalue weighted by Gasteiger charge is -2.15. The van der Waals surface area contributed by atoms with Crippen molar-refractivity contribution in [3.8, 4) is 5.75 Å². The van der Waals surface area contributed by atoms with Gasteiger partial charge in [-0.2, -0.15) is 0 Å². The molecule has 7 heteroatoms. The first-order chi connectivity index (χ1) is 11.9. The van der Waals surface area contributed by atoms with Crippen LogP contribution in [0, 0.1) is 0 Å². The van der Waals surface area contributed by atoms with E-state index in [0.717, 1.165) is 22.0 Å². The first-order valence-electron chi connectivity index (χ1n) is 7.94.